The van der Waals surface area contributed by atoms with Gasteiger partial charge < -0.3 is 10.6 Å². The normalized spacial score (nSPS) is 26.7. The van der Waals surface area contributed by atoms with Crippen molar-refractivity contribution in [1.82, 2.24) is 5.32 Å². The molecular weight excluding hydrogens is 407 g/mol. The second-order valence-corrected chi connectivity index (χ2v) is 8.59. The molecule has 1 spiro atoms. The van der Waals surface area contributed by atoms with Crippen LogP contribution in [0, 0.1) is 5.92 Å². The molecule has 1 fully saturated rings. The summed E-state index contributed by atoms with van der Waals surface area (Å²) >= 11 is 12.5. The maximum Gasteiger partial charge on any atom is 0.236 e. The summed E-state index contributed by atoms with van der Waals surface area (Å²) in [5, 5.41) is 7.22. The molecule has 29 heavy (non-hydrogen) atoms. The van der Waals surface area contributed by atoms with Gasteiger partial charge in [0.1, 0.15) is 0 Å². The Labute approximate surface area is 180 Å². The first kappa shape index (κ1) is 20.0. The van der Waals surface area contributed by atoms with Gasteiger partial charge in [-0.1, -0.05) is 53.1 Å². The van der Waals surface area contributed by atoms with Crippen LogP contribution < -0.4 is 10.6 Å². The van der Waals surface area contributed by atoms with E-state index in [4.69, 9.17) is 23.2 Å². The van der Waals surface area contributed by atoms with E-state index in [-0.39, 0.29) is 30.1 Å². The van der Waals surface area contributed by atoms with Gasteiger partial charge in [-0.2, -0.15) is 0 Å². The smallest absolute Gasteiger partial charge is 0.236 e. The van der Waals surface area contributed by atoms with Crippen LogP contribution in [-0.4, -0.2) is 18.4 Å². The minimum Gasteiger partial charge on any atom is -0.355 e. The molecule has 0 radical (unpaired) electrons. The number of fused-ring (bicyclic) bond motifs is 2. The largest absolute Gasteiger partial charge is 0.355 e. The summed E-state index contributed by atoms with van der Waals surface area (Å²) in [6.45, 7) is 4.28. The van der Waals surface area contributed by atoms with E-state index < -0.39 is 5.41 Å². The fourth-order valence-corrected chi connectivity index (χ4v) is 5.26. The summed E-state index contributed by atoms with van der Waals surface area (Å²) in [5.41, 5.74) is 2.57. The zero-order chi connectivity index (χ0) is 20.8. The number of carbonyl (C=O) groups is 2. The van der Waals surface area contributed by atoms with Crippen LogP contribution in [-0.2, 0) is 15.0 Å². The Morgan fingerprint density at radius 1 is 1.14 bits per heavy atom. The van der Waals surface area contributed by atoms with E-state index in [0.717, 1.165) is 16.7 Å². The predicted octanol–water partition coefficient (Wildman–Crippen LogP) is 5.07. The van der Waals surface area contributed by atoms with E-state index in [1.807, 2.05) is 50.3 Å². The van der Waals surface area contributed by atoms with Crippen molar-refractivity contribution >= 4 is 40.7 Å². The zero-order valence-electron chi connectivity index (χ0n) is 16.3. The van der Waals surface area contributed by atoms with E-state index in [1.54, 1.807) is 12.1 Å². The lowest BCUT2D eigenvalue weighted by molar-refractivity contribution is -0.124. The first-order valence-electron chi connectivity index (χ1n) is 9.64. The molecule has 0 aromatic heterocycles. The quantitative estimate of drug-likeness (QED) is 0.655. The number of hydrogen-bond acceptors (Lipinski definition) is 2. The van der Waals surface area contributed by atoms with Gasteiger partial charge in [0.2, 0.25) is 11.8 Å². The van der Waals surface area contributed by atoms with E-state index >= 15 is 0 Å². The third kappa shape index (κ3) is 3.15. The third-order valence-electron chi connectivity index (χ3n) is 6.30. The Kier molecular flexibility index (Phi) is 5.18. The van der Waals surface area contributed by atoms with Gasteiger partial charge >= 0.3 is 0 Å². The number of amides is 2. The molecule has 1 saturated heterocycles. The SMILES string of the molecule is CC=C(C)[C@@H]1CC(=O)NC[C@H](c2cccc(Cl)c2)[C@@]12C(=O)Nc1cc(Cl)ccc12. The van der Waals surface area contributed by atoms with E-state index in [0.29, 0.717) is 22.3 Å². The van der Waals surface area contributed by atoms with Crippen LogP contribution in [0.1, 0.15) is 37.3 Å². The standard InChI is InChI=1S/C23H22Cl2N2O2/c1-3-13(2)18-11-21(28)26-12-19(14-5-4-6-15(24)9-14)23(18)17-8-7-16(25)10-20(17)27-22(23)29/h3-10,18-19H,11-12H2,1-2H3,(H,26,28)(H,27,29)/t18-,19+,23-/m0/s1. The Morgan fingerprint density at radius 3 is 2.62 bits per heavy atom. The predicted molar refractivity (Wildman–Crippen MR) is 117 cm³/mol. The highest BCUT2D eigenvalue weighted by molar-refractivity contribution is 6.31. The number of rotatable bonds is 2. The molecule has 0 unspecified atom stereocenters. The maximum atomic E-state index is 13.7. The second kappa shape index (κ2) is 7.51. The zero-order valence-corrected chi connectivity index (χ0v) is 17.8. The minimum atomic E-state index is -0.944. The minimum absolute atomic E-state index is 0.0599. The highest BCUT2D eigenvalue weighted by Crippen LogP contribution is 2.55. The van der Waals surface area contributed by atoms with Crippen molar-refractivity contribution in [2.75, 3.05) is 11.9 Å². The summed E-state index contributed by atoms with van der Waals surface area (Å²) in [6, 6.07) is 13.0. The summed E-state index contributed by atoms with van der Waals surface area (Å²) in [5.74, 6) is -0.742. The molecule has 0 saturated carbocycles. The van der Waals surface area contributed by atoms with E-state index in [1.165, 1.54) is 0 Å². The molecule has 2 N–H and O–H groups in total. The molecule has 2 amide bonds. The topological polar surface area (TPSA) is 58.2 Å². The lowest BCUT2D eigenvalue weighted by Gasteiger charge is -2.41. The molecule has 4 rings (SSSR count). The molecule has 2 aliphatic rings. The van der Waals surface area contributed by atoms with Crippen LogP contribution in [0.4, 0.5) is 5.69 Å². The number of carbonyl (C=O) groups excluding carboxylic acids is 2. The van der Waals surface area contributed by atoms with Gasteiger partial charge in [-0.3, -0.25) is 9.59 Å². The van der Waals surface area contributed by atoms with Crippen molar-refractivity contribution in [2.24, 2.45) is 5.92 Å². The van der Waals surface area contributed by atoms with Crippen molar-refractivity contribution in [2.45, 2.75) is 31.6 Å². The molecule has 0 aliphatic carbocycles. The molecule has 2 aromatic rings. The summed E-state index contributed by atoms with van der Waals surface area (Å²) in [6.07, 6.45) is 2.23. The van der Waals surface area contributed by atoms with Gasteiger partial charge in [-0.15, -0.1) is 0 Å². The number of benzene rings is 2. The van der Waals surface area contributed by atoms with Gasteiger partial charge in [0.05, 0.1) is 5.41 Å². The Hall–Kier alpha value is -2.30. The van der Waals surface area contributed by atoms with Crippen LogP contribution in [0.25, 0.3) is 0 Å². The molecule has 6 heteroatoms. The first-order valence-corrected chi connectivity index (χ1v) is 10.4. The lowest BCUT2D eigenvalue weighted by Crippen LogP contribution is -2.48. The fraction of sp³-hybridized carbons (Fsp3) is 0.304. The highest BCUT2D eigenvalue weighted by Gasteiger charge is 2.59. The van der Waals surface area contributed by atoms with Crippen LogP contribution in [0.2, 0.25) is 10.0 Å². The van der Waals surface area contributed by atoms with E-state index in [2.05, 4.69) is 10.6 Å². The van der Waals surface area contributed by atoms with Crippen LogP contribution in [0.5, 0.6) is 0 Å². The molecule has 2 aliphatic heterocycles. The number of hydrogen-bond donors (Lipinski definition) is 2. The monoisotopic (exact) mass is 428 g/mol. The van der Waals surface area contributed by atoms with Crippen molar-refractivity contribution in [3.63, 3.8) is 0 Å². The molecule has 150 valence electrons. The number of nitrogens with one attached hydrogen (secondary N) is 2. The maximum absolute atomic E-state index is 13.7. The summed E-state index contributed by atoms with van der Waals surface area (Å²) < 4.78 is 0. The first-order chi connectivity index (χ1) is 13.9. The number of halogens is 2. The molecular formula is C23H22Cl2N2O2. The van der Waals surface area contributed by atoms with Crippen LogP contribution in [0.15, 0.2) is 54.1 Å². The van der Waals surface area contributed by atoms with Crippen molar-refractivity contribution < 1.29 is 9.59 Å². The van der Waals surface area contributed by atoms with Crippen LogP contribution >= 0.6 is 23.2 Å². The molecule has 2 heterocycles. The van der Waals surface area contributed by atoms with Gasteiger partial charge in [-0.25, -0.2) is 0 Å². The van der Waals surface area contributed by atoms with E-state index in [9.17, 15) is 9.59 Å². The van der Waals surface area contributed by atoms with Gasteiger partial charge in [0.25, 0.3) is 0 Å². The van der Waals surface area contributed by atoms with Gasteiger partial charge in [0.15, 0.2) is 0 Å². The lowest BCUT2D eigenvalue weighted by atomic mass is 9.59. The fourth-order valence-electron chi connectivity index (χ4n) is 4.88. The van der Waals surface area contributed by atoms with Crippen molar-refractivity contribution in [3.05, 3.63) is 75.3 Å². The highest BCUT2D eigenvalue weighted by atomic mass is 35.5. The van der Waals surface area contributed by atoms with Crippen molar-refractivity contribution in [3.8, 4) is 0 Å². The summed E-state index contributed by atoms with van der Waals surface area (Å²) in [7, 11) is 0. The Morgan fingerprint density at radius 2 is 1.90 bits per heavy atom. The molecule has 3 atom stereocenters. The Bertz CT molecular complexity index is 1030. The second-order valence-electron chi connectivity index (χ2n) is 7.71. The van der Waals surface area contributed by atoms with Gasteiger partial charge in [-0.05, 0) is 49.2 Å². The molecule has 2 aromatic carbocycles. The van der Waals surface area contributed by atoms with Gasteiger partial charge in [0, 0.05) is 40.5 Å². The number of allylic oxidation sites excluding steroid dienone is 2. The average molecular weight is 429 g/mol. The molecule has 0 bridgehead atoms. The number of anilines is 1. The van der Waals surface area contributed by atoms with Crippen LogP contribution in [0.3, 0.4) is 0 Å². The Balaban J connectivity index is 2.04. The molecule has 4 nitrogen and oxygen atoms in total. The summed E-state index contributed by atoms with van der Waals surface area (Å²) in [4.78, 5) is 26.4. The third-order valence-corrected chi connectivity index (χ3v) is 6.77. The van der Waals surface area contributed by atoms with Crippen molar-refractivity contribution in [1.29, 1.82) is 0 Å². The average Bonchev–Trinajstić information content (AvgIpc) is 2.86.